The van der Waals surface area contributed by atoms with Gasteiger partial charge in [0.1, 0.15) is 0 Å². The largest absolute Gasteiger partial charge is 0.459 e. The molecule has 0 spiro atoms. The summed E-state index contributed by atoms with van der Waals surface area (Å²) < 4.78 is 5.69. The van der Waals surface area contributed by atoms with E-state index in [-0.39, 0.29) is 17.4 Å². The number of carbonyl (C=O) groups is 1. The minimum Gasteiger partial charge on any atom is -0.459 e. The van der Waals surface area contributed by atoms with Crippen LogP contribution in [0, 0.1) is 10.1 Å². The predicted octanol–water partition coefficient (Wildman–Crippen LogP) is 3.70. The van der Waals surface area contributed by atoms with Gasteiger partial charge in [0, 0.05) is 16.6 Å². The van der Waals surface area contributed by atoms with Crippen LogP contribution in [0.5, 0.6) is 0 Å². The Kier molecular flexibility index (Phi) is 5.27. The number of esters is 1. The molecule has 0 bridgehead atoms. The molecule has 6 heteroatoms. The molecule has 0 fully saturated rings. The fourth-order valence-corrected chi connectivity index (χ4v) is 1.90. The standard InChI is InChI=1S/C12H14BrNO4/c1-3-4-8(2)18-12(15)10-7-9(14(16)17)5-6-11(10)13/h5-8H,3-4H2,1-2H3. The van der Waals surface area contributed by atoms with Crippen molar-refractivity contribution in [3.63, 3.8) is 0 Å². The van der Waals surface area contributed by atoms with E-state index in [1.807, 2.05) is 6.92 Å². The number of nitrogens with zero attached hydrogens (tertiary/aromatic N) is 1. The van der Waals surface area contributed by atoms with Gasteiger partial charge in [-0.15, -0.1) is 0 Å². The lowest BCUT2D eigenvalue weighted by molar-refractivity contribution is -0.384. The molecule has 18 heavy (non-hydrogen) atoms. The highest BCUT2D eigenvalue weighted by atomic mass is 79.9. The summed E-state index contributed by atoms with van der Waals surface area (Å²) in [6.07, 6.45) is 1.47. The van der Waals surface area contributed by atoms with E-state index >= 15 is 0 Å². The van der Waals surface area contributed by atoms with Gasteiger partial charge in [0.25, 0.3) is 5.69 Å². The van der Waals surface area contributed by atoms with E-state index in [4.69, 9.17) is 4.74 Å². The Balaban J connectivity index is 2.91. The van der Waals surface area contributed by atoms with Crippen molar-refractivity contribution in [3.05, 3.63) is 38.3 Å². The van der Waals surface area contributed by atoms with Crippen LogP contribution in [0.2, 0.25) is 0 Å². The molecule has 5 nitrogen and oxygen atoms in total. The lowest BCUT2D eigenvalue weighted by Crippen LogP contribution is -2.15. The monoisotopic (exact) mass is 315 g/mol. The number of hydrogen-bond acceptors (Lipinski definition) is 4. The first-order valence-electron chi connectivity index (χ1n) is 5.60. The molecule has 1 unspecified atom stereocenters. The van der Waals surface area contributed by atoms with Gasteiger partial charge in [-0.2, -0.15) is 0 Å². The van der Waals surface area contributed by atoms with Crippen LogP contribution in [0.1, 0.15) is 37.0 Å². The molecule has 0 aromatic heterocycles. The molecule has 98 valence electrons. The Hall–Kier alpha value is -1.43. The summed E-state index contributed by atoms with van der Waals surface area (Å²) in [6, 6.07) is 4.01. The normalized spacial score (nSPS) is 11.9. The molecular formula is C12H14BrNO4. The van der Waals surface area contributed by atoms with Gasteiger partial charge < -0.3 is 4.74 Å². The topological polar surface area (TPSA) is 69.4 Å². The minimum absolute atomic E-state index is 0.131. The number of rotatable bonds is 5. The van der Waals surface area contributed by atoms with Gasteiger partial charge >= 0.3 is 5.97 Å². The fraction of sp³-hybridized carbons (Fsp3) is 0.417. The van der Waals surface area contributed by atoms with Crippen LogP contribution in [-0.4, -0.2) is 17.0 Å². The van der Waals surface area contributed by atoms with E-state index < -0.39 is 10.9 Å². The molecule has 1 atom stereocenters. The molecule has 1 aromatic carbocycles. The van der Waals surface area contributed by atoms with Crippen molar-refractivity contribution in [1.29, 1.82) is 0 Å². The number of benzene rings is 1. The first-order valence-corrected chi connectivity index (χ1v) is 6.40. The van der Waals surface area contributed by atoms with Crippen LogP contribution in [-0.2, 0) is 4.74 Å². The van der Waals surface area contributed by atoms with Gasteiger partial charge in [0.15, 0.2) is 0 Å². The van der Waals surface area contributed by atoms with Gasteiger partial charge in [0.2, 0.25) is 0 Å². The van der Waals surface area contributed by atoms with E-state index in [9.17, 15) is 14.9 Å². The Morgan fingerprint density at radius 2 is 2.22 bits per heavy atom. The van der Waals surface area contributed by atoms with Crippen molar-refractivity contribution >= 4 is 27.6 Å². The van der Waals surface area contributed by atoms with E-state index in [0.29, 0.717) is 4.47 Å². The summed E-state index contributed by atoms with van der Waals surface area (Å²) in [6.45, 7) is 3.79. The molecule has 0 aliphatic heterocycles. The van der Waals surface area contributed by atoms with Gasteiger partial charge in [-0.1, -0.05) is 13.3 Å². The smallest absolute Gasteiger partial charge is 0.339 e. The molecule has 0 heterocycles. The third-order valence-electron chi connectivity index (χ3n) is 2.38. The third kappa shape index (κ3) is 3.80. The number of hydrogen-bond donors (Lipinski definition) is 0. The summed E-state index contributed by atoms with van der Waals surface area (Å²) in [5.41, 5.74) is 0.0421. The summed E-state index contributed by atoms with van der Waals surface area (Å²) in [7, 11) is 0. The average Bonchev–Trinajstić information content (AvgIpc) is 2.29. The molecule has 0 aliphatic carbocycles. The van der Waals surface area contributed by atoms with Crippen LogP contribution in [0.25, 0.3) is 0 Å². The maximum absolute atomic E-state index is 11.9. The van der Waals surface area contributed by atoms with Gasteiger partial charge in [0.05, 0.1) is 16.6 Å². The Labute approximate surface area is 113 Å². The second-order valence-electron chi connectivity index (χ2n) is 3.93. The third-order valence-corrected chi connectivity index (χ3v) is 3.08. The quantitative estimate of drug-likeness (QED) is 0.472. The zero-order valence-corrected chi connectivity index (χ0v) is 11.8. The number of nitro groups is 1. The molecule has 0 saturated heterocycles. The molecule has 1 rings (SSSR count). The van der Waals surface area contributed by atoms with Crippen LogP contribution < -0.4 is 0 Å². The second-order valence-corrected chi connectivity index (χ2v) is 4.78. The maximum atomic E-state index is 11.9. The van der Waals surface area contributed by atoms with Gasteiger partial charge in [-0.3, -0.25) is 10.1 Å². The van der Waals surface area contributed by atoms with Crippen LogP contribution in [0.4, 0.5) is 5.69 Å². The summed E-state index contributed by atoms with van der Waals surface area (Å²) in [4.78, 5) is 22.0. The molecule has 1 aromatic rings. The van der Waals surface area contributed by atoms with Crippen LogP contribution >= 0.6 is 15.9 Å². The van der Waals surface area contributed by atoms with Crippen molar-refractivity contribution in [1.82, 2.24) is 0 Å². The summed E-state index contributed by atoms with van der Waals surface area (Å²) in [5.74, 6) is -0.550. The van der Waals surface area contributed by atoms with Crippen molar-refractivity contribution in [2.24, 2.45) is 0 Å². The zero-order chi connectivity index (χ0) is 13.7. The van der Waals surface area contributed by atoms with Crippen molar-refractivity contribution in [2.75, 3.05) is 0 Å². The summed E-state index contributed by atoms with van der Waals surface area (Å²) >= 11 is 3.19. The number of ether oxygens (including phenoxy) is 1. The molecule has 0 saturated carbocycles. The SMILES string of the molecule is CCCC(C)OC(=O)c1cc([N+](=O)[O-])ccc1Br. The van der Waals surface area contributed by atoms with Crippen LogP contribution in [0.3, 0.4) is 0 Å². The van der Waals surface area contributed by atoms with Crippen molar-refractivity contribution in [3.8, 4) is 0 Å². The van der Waals surface area contributed by atoms with Crippen molar-refractivity contribution < 1.29 is 14.5 Å². The molecule has 0 N–H and O–H groups in total. The molecule has 0 aliphatic rings. The number of nitro benzene ring substituents is 1. The Morgan fingerprint density at radius 3 is 2.78 bits per heavy atom. The highest BCUT2D eigenvalue weighted by molar-refractivity contribution is 9.10. The highest BCUT2D eigenvalue weighted by Gasteiger charge is 2.18. The summed E-state index contributed by atoms with van der Waals surface area (Å²) in [5, 5.41) is 10.6. The van der Waals surface area contributed by atoms with Crippen LogP contribution in [0.15, 0.2) is 22.7 Å². The number of halogens is 1. The second kappa shape index (κ2) is 6.49. The molecule has 0 radical (unpaired) electrons. The molecule has 0 amide bonds. The average molecular weight is 316 g/mol. The van der Waals surface area contributed by atoms with Crippen molar-refractivity contribution in [2.45, 2.75) is 32.8 Å². The lowest BCUT2D eigenvalue weighted by atomic mass is 10.2. The molecular weight excluding hydrogens is 302 g/mol. The first-order chi connectivity index (χ1) is 8.45. The van der Waals surface area contributed by atoms with E-state index in [2.05, 4.69) is 15.9 Å². The lowest BCUT2D eigenvalue weighted by Gasteiger charge is -2.12. The van der Waals surface area contributed by atoms with Gasteiger partial charge in [-0.05, 0) is 35.3 Å². The number of non-ortho nitro benzene ring substituents is 1. The predicted molar refractivity (Wildman–Crippen MR) is 70.6 cm³/mol. The Bertz CT molecular complexity index is 461. The van der Waals surface area contributed by atoms with E-state index in [1.165, 1.54) is 18.2 Å². The fourth-order valence-electron chi connectivity index (χ4n) is 1.49. The Morgan fingerprint density at radius 1 is 1.56 bits per heavy atom. The van der Waals surface area contributed by atoms with E-state index in [0.717, 1.165) is 12.8 Å². The maximum Gasteiger partial charge on any atom is 0.339 e. The number of carbonyl (C=O) groups excluding carboxylic acids is 1. The first kappa shape index (κ1) is 14.6. The minimum atomic E-state index is -0.550. The van der Waals surface area contributed by atoms with E-state index in [1.54, 1.807) is 6.92 Å². The van der Waals surface area contributed by atoms with Gasteiger partial charge in [-0.25, -0.2) is 4.79 Å². The zero-order valence-electron chi connectivity index (χ0n) is 10.2. The highest BCUT2D eigenvalue weighted by Crippen LogP contribution is 2.23.